The molecule has 0 heterocycles. The lowest BCUT2D eigenvalue weighted by Gasteiger charge is -2.17. The zero-order valence-corrected chi connectivity index (χ0v) is 12.3. The Morgan fingerprint density at radius 2 is 1.89 bits per heavy atom. The van der Waals surface area contributed by atoms with Crippen LogP contribution < -0.4 is 5.32 Å². The smallest absolute Gasteiger partial charge is 0.251 e. The van der Waals surface area contributed by atoms with Crippen LogP contribution in [0.3, 0.4) is 0 Å². The minimum atomic E-state index is 0.0242. The molecule has 0 spiro atoms. The SMILES string of the molecule is O=C(NC(C1CC1)C1CC1)c1ccc(Cl)c(Br)c1. The molecule has 1 aromatic rings. The maximum absolute atomic E-state index is 12.2. The molecular formula is C14H15BrClNO. The first-order valence-electron chi connectivity index (χ1n) is 6.41. The Balaban J connectivity index is 1.71. The first-order valence-corrected chi connectivity index (χ1v) is 7.58. The van der Waals surface area contributed by atoms with E-state index in [0.717, 1.165) is 16.3 Å². The lowest BCUT2D eigenvalue weighted by atomic mass is 10.1. The summed E-state index contributed by atoms with van der Waals surface area (Å²) in [6.07, 6.45) is 5.08. The quantitative estimate of drug-likeness (QED) is 0.888. The Labute approximate surface area is 120 Å². The molecule has 18 heavy (non-hydrogen) atoms. The number of amides is 1. The Hall–Kier alpha value is -0.540. The molecule has 0 bridgehead atoms. The number of carbonyl (C=O) groups is 1. The topological polar surface area (TPSA) is 29.1 Å². The van der Waals surface area contributed by atoms with Gasteiger partial charge in [-0.3, -0.25) is 4.79 Å². The van der Waals surface area contributed by atoms with E-state index >= 15 is 0 Å². The average molecular weight is 329 g/mol. The minimum absolute atomic E-state index is 0.0242. The predicted octanol–water partition coefficient (Wildman–Crippen LogP) is 4.02. The zero-order valence-electron chi connectivity index (χ0n) is 9.96. The summed E-state index contributed by atoms with van der Waals surface area (Å²) in [7, 11) is 0. The second-order valence-corrected chi connectivity index (χ2v) is 6.56. The highest BCUT2D eigenvalue weighted by molar-refractivity contribution is 9.10. The van der Waals surface area contributed by atoms with Crippen molar-refractivity contribution in [3.63, 3.8) is 0 Å². The van der Waals surface area contributed by atoms with Crippen LogP contribution in [0.25, 0.3) is 0 Å². The number of nitrogens with one attached hydrogen (secondary N) is 1. The molecule has 4 heteroatoms. The van der Waals surface area contributed by atoms with Crippen molar-refractivity contribution in [3.8, 4) is 0 Å². The van der Waals surface area contributed by atoms with Crippen molar-refractivity contribution in [3.05, 3.63) is 33.3 Å². The fraction of sp³-hybridized carbons (Fsp3) is 0.500. The van der Waals surface area contributed by atoms with Gasteiger partial charge >= 0.3 is 0 Å². The lowest BCUT2D eigenvalue weighted by Crippen LogP contribution is -2.38. The number of halogens is 2. The van der Waals surface area contributed by atoms with E-state index in [4.69, 9.17) is 11.6 Å². The molecule has 2 aliphatic rings. The van der Waals surface area contributed by atoms with Gasteiger partial charge in [0, 0.05) is 16.1 Å². The molecule has 2 nitrogen and oxygen atoms in total. The molecular weight excluding hydrogens is 314 g/mol. The first kappa shape index (κ1) is 12.5. The highest BCUT2D eigenvalue weighted by atomic mass is 79.9. The Morgan fingerprint density at radius 3 is 2.39 bits per heavy atom. The predicted molar refractivity (Wildman–Crippen MR) is 75.9 cm³/mol. The van der Waals surface area contributed by atoms with Gasteiger partial charge in [-0.05, 0) is 71.6 Å². The van der Waals surface area contributed by atoms with Crippen LogP contribution in [0.5, 0.6) is 0 Å². The van der Waals surface area contributed by atoms with Gasteiger partial charge < -0.3 is 5.32 Å². The van der Waals surface area contributed by atoms with Gasteiger partial charge in [0.2, 0.25) is 0 Å². The van der Waals surface area contributed by atoms with Crippen LogP contribution in [0.4, 0.5) is 0 Å². The number of rotatable bonds is 4. The van der Waals surface area contributed by atoms with Gasteiger partial charge in [0.1, 0.15) is 0 Å². The van der Waals surface area contributed by atoms with E-state index < -0.39 is 0 Å². The third kappa shape index (κ3) is 2.72. The summed E-state index contributed by atoms with van der Waals surface area (Å²) >= 11 is 9.28. The summed E-state index contributed by atoms with van der Waals surface area (Å²) in [5, 5.41) is 3.83. The van der Waals surface area contributed by atoms with Gasteiger partial charge in [-0.15, -0.1) is 0 Å². The molecule has 3 rings (SSSR count). The van der Waals surface area contributed by atoms with Crippen LogP contribution in [0, 0.1) is 11.8 Å². The van der Waals surface area contributed by atoms with Crippen LogP contribution in [0.15, 0.2) is 22.7 Å². The van der Waals surface area contributed by atoms with Crippen molar-refractivity contribution in [1.82, 2.24) is 5.32 Å². The summed E-state index contributed by atoms with van der Waals surface area (Å²) in [5.74, 6) is 1.46. The van der Waals surface area contributed by atoms with Crippen molar-refractivity contribution in [2.45, 2.75) is 31.7 Å². The van der Waals surface area contributed by atoms with Gasteiger partial charge in [0.15, 0.2) is 0 Å². The van der Waals surface area contributed by atoms with Crippen molar-refractivity contribution in [2.75, 3.05) is 0 Å². The minimum Gasteiger partial charge on any atom is -0.349 e. The second-order valence-electron chi connectivity index (χ2n) is 5.30. The van der Waals surface area contributed by atoms with E-state index in [0.29, 0.717) is 16.6 Å². The molecule has 0 radical (unpaired) electrons. The standard InChI is InChI=1S/C14H15BrClNO/c15-11-7-10(5-6-12(11)16)14(18)17-13(8-1-2-8)9-3-4-9/h5-9,13H,1-4H2,(H,17,18). The average Bonchev–Trinajstić information content (AvgIpc) is 3.22. The number of carbonyl (C=O) groups excluding carboxylic acids is 1. The van der Waals surface area contributed by atoms with E-state index in [1.807, 2.05) is 0 Å². The highest BCUT2D eigenvalue weighted by Gasteiger charge is 2.42. The maximum atomic E-state index is 12.2. The molecule has 0 aliphatic heterocycles. The summed E-state index contributed by atoms with van der Waals surface area (Å²) in [4.78, 5) is 12.2. The molecule has 2 saturated carbocycles. The third-order valence-corrected chi connectivity index (χ3v) is 4.95. The van der Waals surface area contributed by atoms with Gasteiger partial charge in [-0.1, -0.05) is 11.6 Å². The third-order valence-electron chi connectivity index (χ3n) is 3.74. The van der Waals surface area contributed by atoms with Crippen LogP contribution in [0.2, 0.25) is 5.02 Å². The molecule has 0 saturated heterocycles. The molecule has 2 aliphatic carbocycles. The Morgan fingerprint density at radius 1 is 1.28 bits per heavy atom. The van der Waals surface area contributed by atoms with Gasteiger partial charge in [-0.2, -0.15) is 0 Å². The maximum Gasteiger partial charge on any atom is 0.251 e. The van der Waals surface area contributed by atoms with Gasteiger partial charge in [-0.25, -0.2) is 0 Å². The van der Waals surface area contributed by atoms with Gasteiger partial charge in [0.25, 0.3) is 5.91 Å². The van der Waals surface area contributed by atoms with E-state index in [2.05, 4.69) is 21.2 Å². The molecule has 0 atom stereocenters. The van der Waals surface area contributed by atoms with Crippen LogP contribution in [-0.4, -0.2) is 11.9 Å². The summed E-state index contributed by atoms with van der Waals surface area (Å²) in [5.41, 5.74) is 0.678. The molecule has 0 aromatic heterocycles. The Bertz CT molecular complexity index is 471. The molecule has 1 aromatic carbocycles. The molecule has 2 fully saturated rings. The first-order chi connectivity index (χ1) is 8.65. The fourth-order valence-corrected chi connectivity index (χ4v) is 2.90. The largest absolute Gasteiger partial charge is 0.349 e. The van der Waals surface area contributed by atoms with Crippen LogP contribution in [-0.2, 0) is 0 Å². The molecule has 1 N–H and O–H groups in total. The summed E-state index contributed by atoms with van der Waals surface area (Å²) < 4.78 is 0.770. The second kappa shape index (κ2) is 4.86. The van der Waals surface area contributed by atoms with Crippen molar-refractivity contribution in [2.24, 2.45) is 11.8 Å². The lowest BCUT2D eigenvalue weighted by molar-refractivity contribution is 0.0926. The summed E-state index contributed by atoms with van der Waals surface area (Å²) in [6.45, 7) is 0. The zero-order chi connectivity index (χ0) is 12.7. The molecule has 96 valence electrons. The van der Waals surface area contributed by atoms with Gasteiger partial charge in [0.05, 0.1) is 5.02 Å². The van der Waals surface area contributed by atoms with Crippen molar-refractivity contribution >= 4 is 33.4 Å². The normalized spacial score (nSPS) is 19.1. The van der Waals surface area contributed by atoms with Crippen molar-refractivity contribution < 1.29 is 4.79 Å². The molecule has 1 amide bonds. The van der Waals surface area contributed by atoms with Crippen molar-refractivity contribution in [1.29, 1.82) is 0 Å². The fourth-order valence-electron chi connectivity index (χ4n) is 2.40. The van der Waals surface area contributed by atoms with E-state index in [1.165, 1.54) is 25.7 Å². The van der Waals surface area contributed by atoms with E-state index in [-0.39, 0.29) is 5.91 Å². The van der Waals surface area contributed by atoms with E-state index in [9.17, 15) is 4.79 Å². The highest BCUT2D eigenvalue weighted by Crippen LogP contribution is 2.44. The number of benzene rings is 1. The number of hydrogen-bond donors (Lipinski definition) is 1. The summed E-state index contributed by atoms with van der Waals surface area (Å²) in [6, 6.07) is 5.71. The van der Waals surface area contributed by atoms with E-state index in [1.54, 1.807) is 18.2 Å². The molecule has 0 unspecified atom stereocenters. The number of hydrogen-bond acceptors (Lipinski definition) is 1. The monoisotopic (exact) mass is 327 g/mol. The Kier molecular flexibility index (Phi) is 3.37. The van der Waals surface area contributed by atoms with Crippen LogP contribution in [0.1, 0.15) is 36.0 Å². The van der Waals surface area contributed by atoms with Crippen LogP contribution >= 0.6 is 27.5 Å².